The van der Waals surface area contributed by atoms with Crippen molar-refractivity contribution in [3.8, 4) is 17.0 Å². The van der Waals surface area contributed by atoms with Gasteiger partial charge < -0.3 is 37.3 Å². The first-order valence-electron chi connectivity index (χ1n) is 14.1. The third-order valence-electron chi connectivity index (χ3n) is 7.03. The molecule has 0 aliphatic rings. The summed E-state index contributed by atoms with van der Waals surface area (Å²) in [6, 6.07) is 7.19. The van der Waals surface area contributed by atoms with Gasteiger partial charge in [0.15, 0.2) is 23.0 Å². The highest BCUT2D eigenvalue weighted by atomic mass is 35.5. The molecule has 0 aliphatic carbocycles. The van der Waals surface area contributed by atoms with Gasteiger partial charge in [0.2, 0.25) is 11.7 Å². The van der Waals surface area contributed by atoms with Gasteiger partial charge in [-0.15, -0.1) is 24.8 Å². The number of imidazole rings is 1. The fourth-order valence-electron chi connectivity index (χ4n) is 4.61. The van der Waals surface area contributed by atoms with Gasteiger partial charge in [0.05, 0.1) is 31.1 Å². The first kappa shape index (κ1) is 38.1. The zero-order chi connectivity index (χ0) is 31.8. The van der Waals surface area contributed by atoms with Gasteiger partial charge in [0.25, 0.3) is 5.91 Å². The first-order valence-corrected chi connectivity index (χ1v) is 14.1. The van der Waals surface area contributed by atoms with E-state index in [-0.39, 0.29) is 55.1 Å². The molecule has 4 rings (SSSR count). The highest BCUT2D eigenvalue weighted by Gasteiger charge is 2.20. The summed E-state index contributed by atoms with van der Waals surface area (Å²) in [7, 11) is 1.26. The predicted molar refractivity (Wildman–Crippen MR) is 176 cm³/mol. The molecule has 2 amide bonds. The second-order valence-corrected chi connectivity index (χ2v) is 10.1. The second kappa shape index (κ2) is 17.6. The highest BCUT2D eigenvalue weighted by Crippen LogP contribution is 2.31. The van der Waals surface area contributed by atoms with Crippen molar-refractivity contribution in [2.75, 3.05) is 32.1 Å². The quantitative estimate of drug-likeness (QED) is 0.116. The predicted octanol–water partition coefficient (Wildman–Crippen LogP) is 3.11. The van der Waals surface area contributed by atoms with Crippen molar-refractivity contribution in [1.82, 2.24) is 25.0 Å². The molecule has 0 spiro atoms. The minimum atomic E-state index is -1.09. The van der Waals surface area contributed by atoms with Gasteiger partial charge in [0.1, 0.15) is 0 Å². The van der Waals surface area contributed by atoms with Crippen LogP contribution in [-0.2, 0) is 11.2 Å². The molecule has 12 nitrogen and oxygen atoms in total. The maximum atomic E-state index is 14.8. The molecule has 0 aliphatic heterocycles. The van der Waals surface area contributed by atoms with Crippen molar-refractivity contribution >= 4 is 53.8 Å². The summed E-state index contributed by atoms with van der Waals surface area (Å²) < 4.78 is 35.6. The Bertz CT molecular complexity index is 1640. The van der Waals surface area contributed by atoms with Gasteiger partial charge in [-0.25, -0.2) is 14.4 Å². The number of aromatic nitrogens is 3. The van der Waals surface area contributed by atoms with Crippen LogP contribution >= 0.6 is 24.8 Å². The molecule has 4 aromatic rings. The smallest absolute Gasteiger partial charge is 0.251 e. The minimum absolute atomic E-state index is 0. The molecule has 0 radical (unpaired) electrons. The number of ether oxygens (including phenoxy) is 1. The molecule has 8 N–H and O–H groups in total. The summed E-state index contributed by atoms with van der Waals surface area (Å²) in [6.07, 6.45) is 5.10. The lowest BCUT2D eigenvalue weighted by Crippen LogP contribution is -2.46. The van der Waals surface area contributed by atoms with E-state index in [9.17, 15) is 23.5 Å². The van der Waals surface area contributed by atoms with E-state index in [1.807, 2.05) is 6.92 Å². The van der Waals surface area contributed by atoms with E-state index in [0.29, 0.717) is 54.2 Å². The van der Waals surface area contributed by atoms with Crippen LogP contribution in [0.15, 0.2) is 48.9 Å². The van der Waals surface area contributed by atoms with E-state index in [1.165, 1.54) is 31.6 Å². The lowest BCUT2D eigenvalue weighted by molar-refractivity contribution is -0.122. The monoisotopic (exact) mass is 682 g/mol. The third-order valence-corrected chi connectivity index (χ3v) is 7.03. The number of amides is 2. The van der Waals surface area contributed by atoms with Crippen molar-refractivity contribution in [3.63, 3.8) is 0 Å². The SMILES string of the molecule is CCc1cc(Nc2nccn3c(-c4ccc(OC)c(F)c4F)cnc23)ccc1C(=O)NCC(O)CNC(=O)[C@H](N)CCCN.Cl.Cl. The molecule has 1 unspecified atom stereocenters. The molecule has 2 aromatic heterocycles. The number of aliphatic hydroxyl groups excluding tert-OH is 1. The first-order chi connectivity index (χ1) is 21.2. The van der Waals surface area contributed by atoms with E-state index in [0.717, 1.165) is 5.56 Å². The van der Waals surface area contributed by atoms with Crippen LogP contribution in [0.4, 0.5) is 20.3 Å². The Labute approximate surface area is 277 Å². The number of nitrogens with one attached hydrogen (secondary N) is 3. The summed E-state index contributed by atoms with van der Waals surface area (Å²) in [5.74, 6) is -2.76. The van der Waals surface area contributed by atoms with E-state index in [4.69, 9.17) is 16.2 Å². The van der Waals surface area contributed by atoms with Crippen molar-refractivity contribution in [2.24, 2.45) is 11.5 Å². The molecule has 0 saturated heterocycles. The fourth-order valence-corrected chi connectivity index (χ4v) is 4.61. The van der Waals surface area contributed by atoms with Crippen LogP contribution in [0, 0.1) is 11.6 Å². The van der Waals surface area contributed by atoms with Gasteiger partial charge in [-0.1, -0.05) is 6.92 Å². The summed E-state index contributed by atoms with van der Waals surface area (Å²) in [5, 5.41) is 18.7. The van der Waals surface area contributed by atoms with Gasteiger partial charge in [-0.05, 0) is 61.7 Å². The number of nitrogens with two attached hydrogens (primary N) is 2. The van der Waals surface area contributed by atoms with Crippen LogP contribution in [0.3, 0.4) is 0 Å². The van der Waals surface area contributed by atoms with Crippen molar-refractivity contribution < 1.29 is 28.2 Å². The summed E-state index contributed by atoms with van der Waals surface area (Å²) in [6.45, 7) is 2.19. The molecule has 0 fully saturated rings. The molecule has 0 saturated carbocycles. The van der Waals surface area contributed by atoms with E-state index in [1.54, 1.807) is 28.8 Å². The Balaban J connectivity index is 0.00000368. The Morgan fingerprint density at radius 3 is 2.52 bits per heavy atom. The number of hydrogen-bond acceptors (Lipinski definition) is 9. The number of carbonyl (C=O) groups is 2. The number of nitrogens with zero attached hydrogens (tertiary/aromatic N) is 3. The number of rotatable bonds is 14. The maximum absolute atomic E-state index is 14.8. The Kier molecular flexibility index (Phi) is 14.6. The topological polar surface area (TPSA) is 182 Å². The van der Waals surface area contributed by atoms with Gasteiger partial charge in [-0.3, -0.25) is 14.0 Å². The fraction of sp³-hybridized carbons (Fsp3) is 0.333. The Morgan fingerprint density at radius 2 is 1.83 bits per heavy atom. The molecule has 2 heterocycles. The van der Waals surface area contributed by atoms with Crippen LogP contribution in [0.2, 0.25) is 0 Å². The van der Waals surface area contributed by atoms with E-state index in [2.05, 4.69) is 25.9 Å². The second-order valence-electron chi connectivity index (χ2n) is 10.1. The number of halogens is 4. The zero-order valence-corrected chi connectivity index (χ0v) is 26.9. The molecule has 0 bridgehead atoms. The van der Waals surface area contributed by atoms with Crippen LogP contribution in [-0.4, -0.2) is 70.2 Å². The Hall–Kier alpha value is -4.08. The standard InChI is InChI=1S/C30H36F2N8O4.2ClH/c1-3-17-13-18(6-7-20(17)29(42)37-14-19(41)15-38-30(43)22(34)5-4-10-33)39-27-28-36-16-23(40(28)12-11-35-27)21-8-9-24(44-2)26(32)25(21)31;;/h6-9,11-13,16,19,22,41H,3-5,10,14-15,33-34H2,1-2H3,(H,35,39)(H,37,42)(H,38,43);2*1H/t19?,22-;;/m1../s1. The van der Waals surface area contributed by atoms with E-state index >= 15 is 0 Å². The van der Waals surface area contributed by atoms with Gasteiger partial charge in [0, 0.05) is 42.3 Å². The Morgan fingerprint density at radius 1 is 1.09 bits per heavy atom. The van der Waals surface area contributed by atoms with Crippen LogP contribution in [0.25, 0.3) is 16.9 Å². The van der Waals surface area contributed by atoms with Crippen LogP contribution in [0.5, 0.6) is 5.75 Å². The largest absolute Gasteiger partial charge is 0.494 e. The normalized spacial score (nSPS) is 12.0. The minimum Gasteiger partial charge on any atom is -0.494 e. The molecule has 16 heteroatoms. The summed E-state index contributed by atoms with van der Waals surface area (Å²) >= 11 is 0. The van der Waals surface area contributed by atoms with Crippen molar-refractivity contribution in [3.05, 3.63) is 71.7 Å². The number of hydrogen-bond donors (Lipinski definition) is 6. The average molecular weight is 684 g/mol. The number of benzene rings is 2. The number of aliphatic hydroxyl groups is 1. The summed E-state index contributed by atoms with van der Waals surface area (Å²) in [4.78, 5) is 33.7. The van der Waals surface area contributed by atoms with Gasteiger partial charge in [-0.2, -0.15) is 4.39 Å². The number of methoxy groups -OCH3 is 1. The zero-order valence-electron chi connectivity index (χ0n) is 25.3. The lowest BCUT2D eigenvalue weighted by atomic mass is 10.0. The molecule has 2 aromatic carbocycles. The number of anilines is 2. The molecular weight excluding hydrogens is 645 g/mol. The molecular formula is C30H38Cl2F2N8O4. The lowest BCUT2D eigenvalue weighted by Gasteiger charge is -2.16. The number of aryl methyl sites for hydroxylation is 1. The van der Waals surface area contributed by atoms with Crippen molar-refractivity contribution in [1.29, 1.82) is 0 Å². The van der Waals surface area contributed by atoms with Crippen LogP contribution in [0.1, 0.15) is 35.7 Å². The van der Waals surface area contributed by atoms with Crippen molar-refractivity contribution in [2.45, 2.75) is 38.3 Å². The highest BCUT2D eigenvalue weighted by molar-refractivity contribution is 5.96. The number of carbonyl (C=O) groups excluding carboxylic acids is 2. The maximum Gasteiger partial charge on any atom is 0.251 e. The van der Waals surface area contributed by atoms with E-state index < -0.39 is 29.7 Å². The average Bonchev–Trinajstić information content (AvgIpc) is 3.47. The van der Waals surface area contributed by atoms with Gasteiger partial charge >= 0.3 is 0 Å². The molecule has 46 heavy (non-hydrogen) atoms. The van der Waals surface area contributed by atoms with Crippen LogP contribution < -0.4 is 32.2 Å². The molecule has 2 atom stereocenters. The number of fused-ring (bicyclic) bond motifs is 1. The third kappa shape index (κ3) is 8.79. The molecule has 250 valence electrons. The summed E-state index contributed by atoms with van der Waals surface area (Å²) in [5.41, 5.74) is 13.7.